The highest BCUT2D eigenvalue weighted by molar-refractivity contribution is 7.92. The number of amides is 1. The van der Waals surface area contributed by atoms with Crippen molar-refractivity contribution < 1.29 is 13.2 Å². The minimum atomic E-state index is -3.40. The summed E-state index contributed by atoms with van der Waals surface area (Å²) in [5.74, 6) is -0.569. The van der Waals surface area contributed by atoms with Crippen molar-refractivity contribution in [2.45, 2.75) is 12.2 Å². The molecule has 0 aliphatic heterocycles. The Hall–Kier alpha value is -1.47. The van der Waals surface area contributed by atoms with Crippen LogP contribution in [0.15, 0.2) is 24.3 Å². The Morgan fingerprint density at radius 2 is 1.83 bits per heavy atom. The van der Waals surface area contributed by atoms with Gasteiger partial charge in [-0.25, -0.2) is 8.42 Å². The van der Waals surface area contributed by atoms with E-state index in [1.165, 1.54) is 6.92 Å². The fraction of sp³-hybridized carbons (Fsp3) is 0.273. The summed E-state index contributed by atoms with van der Waals surface area (Å²) in [5, 5.41) is 1.42. The third-order valence-electron chi connectivity index (χ3n) is 2.45. The maximum absolute atomic E-state index is 11.6. The number of hydrogen-bond donors (Lipinski definition) is 2. The second kappa shape index (κ2) is 5.45. The number of nitrogens with two attached hydrogens (primary N) is 1. The summed E-state index contributed by atoms with van der Waals surface area (Å²) in [6.07, 6.45) is 1.02. The fourth-order valence-corrected chi connectivity index (χ4v) is 1.74. The number of rotatable bonds is 4. The van der Waals surface area contributed by atoms with Gasteiger partial charge < -0.3 is 11.1 Å². The standard InChI is InChI=1S/C11H14N2O3S2/c1-7(18(2,15)16)11(14)13-9-5-3-8(4-6-9)10(12)17/h3-7H,1-2H3,(H2,12,17)(H,13,14). The fourth-order valence-electron chi connectivity index (χ4n) is 1.16. The zero-order valence-corrected chi connectivity index (χ0v) is 11.6. The number of carbonyl (C=O) groups is 1. The smallest absolute Gasteiger partial charge is 0.242 e. The quantitative estimate of drug-likeness (QED) is 0.795. The van der Waals surface area contributed by atoms with E-state index in [9.17, 15) is 13.2 Å². The van der Waals surface area contributed by atoms with Crippen LogP contribution in [0.25, 0.3) is 0 Å². The number of nitrogens with one attached hydrogen (secondary N) is 1. The molecular formula is C11H14N2O3S2. The normalized spacial score (nSPS) is 12.8. The molecule has 1 amide bonds. The average Bonchev–Trinajstić information content (AvgIpc) is 2.27. The van der Waals surface area contributed by atoms with Gasteiger partial charge in [0.05, 0.1) is 0 Å². The van der Waals surface area contributed by atoms with Gasteiger partial charge in [0.15, 0.2) is 9.84 Å². The molecule has 0 saturated carbocycles. The summed E-state index contributed by atoms with van der Waals surface area (Å²) in [5.41, 5.74) is 6.61. The van der Waals surface area contributed by atoms with E-state index in [2.05, 4.69) is 5.32 Å². The molecule has 0 spiro atoms. The molecular weight excluding hydrogens is 272 g/mol. The SMILES string of the molecule is CC(C(=O)Nc1ccc(C(N)=S)cc1)S(C)(=O)=O. The molecule has 0 radical (unpaired) electrons. The van der Waals surface area contributed by atoms with Gasteiger partial charge in [-0.15, -0.1) is 0 Å². The van der Waals surface area contributed by atoms with Gasteiger partial charge in [0.25, 0.3) is 0 Å². The van der Waals surface area contributed by atoms with Gasteiger partial charge in [0, 0.05) is 17.5 Å². The maximum Gasteiger partial charge on any atom is 0.242 e. The molecule has 1 atom stereocenters. The third kappa shape index (κ3) is 3.78. The Labute approximate surface area is 111 Å². The Morgan fingerprint density at radius 1 is 1.33 bits per heavy atom. The van der Waals surface area contributed by atoms with Crippen molar-refractivity contribution in [3.8, 4) is 0 Å². The van der Waals surface area contributed by atoms with E-state index in [1.807, 2.05) is 0 Å². The van der Waals surface area contributed by atoms with Crippen LogP contribution in [0.4, 0.5) is 5.69 Å². The highest BCUT2D eigenvalue weighted by atomic mass is 32.2. The van der Waals surface area contributed by atoms with Gasteiger partial charge in [0.2, 0.25) is 5.91 Å². The molecule has 1 aromatic carbocycles. The predicted molar refractivity (Wildman–Crippen MR) is 75.3 cm³/mol. The summed E-state index contributed by atoms with van der Waals surface area (Å²) in [7, 11) is -3.40. The van der Waals surface area contributed by atoms with Gasteiger partial charge in [-0.05, 0) is 31.2 Å². The summed E-state index contributed by atoms with van der Waals surface area (Å²) in [6.45, 7) is 1.34. The highest BCUT2D eigenvalue weighted by Gasteiger charge is 2.23. The molecule has 0 aliphatic rings. The van der Waals surface area contributed by atoms with Gasteiger partial charge in [-0.1, -0.05) is 12.2 Å². The molecule has 7 heteroatoms. The topological polar surface area (TPSA) is 89.3 Å². The van der Waals surface area contributed by atoms with E-state index in [4.69, 9.17) is 18.0 Å². The third-order valence-corrected chi connectivity index (χ3v) is 4.18. The largest absolute Gasteiger partial charge is 0.389 e. The molecule has 1 rings (SSSR count). The molecule has 0 heterocycles. The number of hydrogen-bond acceptors (Lipinski definition) is 4. The molecule has 98 valence electrons. The van der Waals surface area contributed by atoms with E-state index in [0.29, 0.717) is 11.3 Å². The monoisotopic (exact) mass is 286 g/mol. The number of thiocarbonyl (C=S) groups is 1. The van der Waals surface area contributed by atoms with Crippen LogP contribution in [0.2, 0.25) is 0 Å². The van der Waals surface area contributed by atoms with Gasteiger partial charge in [-0.3, -0.25) is 4.79 Å². The number of anilines is 1. The zero-order valence-electron chi connectivity index (χ0n) is 10.0. The summed E-state index contributed by atoms with van der Waals surface area (Å²) in [4.78, 5) is 11.9. The lowest BCUT2D eigenvalue weighted by atomic mass is 10.2. The Kier molecular flexibility index (Phi) is 4.42. The summed E-state index contributed by atoms with van der Waals surface area (Å²) in [6, 6.07) is 6.54. The zero-order chi connectivity index (χ0) is 13.9. The second-order valence-electron chi connectivity index (χ2n) is 3.90. The molecule has 1 aromatic rings. The van der Waals surface area contributed by atoms with Crippen LogP contribution < -0.4 is 11.1 Å². The molecule has 5 nitrogen and oxygen atoms in total. The van der Waals surface area contributed by atoms with Crippen LogP contribution in [0, 0.1) is 0 Å². The first kappa shape index (κ1) is 14.6. The van der Waals surface area contributed by atoms with Crippen LogP contribution in [-0.4, -0.2) is 30.8 Å². The first-order valence-electron chi connectivity index (χ1n) is 5.11. The second-order valence-corrected chi connectivity index (χ2v) is 6.71. The minimum absolute atomic E-state index is 0.261. The lowest BCUT2D eigenvalue weighted by molar-refractivity contribution is -0.115. The molecule has 0 aliphatic carbocycles. The van der Waals surface area contributed by atoms with Crippen LogP contribution in [0.3, 0.4) is 0 Å². The summed E-state index contributed by atoms with van der Waals surface area (Å²) >= 11 is 4.79. The van der Waals surface area contributed by atoms with Crippen molar-refractivity contribution in [1.82, 2.24) is 0 Å². The van der Waals surface area contributed by atoms with E-state index in [0.717, 1.165) is 6.26 Å². The van der Waals surface area contributed by atoms with E-state index in [1.54, 1.807) is 24.3 Å². The highest BCUT2D eigenvalue weighted by Crippen LogP contribution is 2.11. The van der Waals surface area contributed by atoms with Crippen molar-refractivity contribution in [2.24, 2.45) is 5.73 Å². The number of sulfone groups is 1. The lowest BCUT2D eigenvalue weighted by Crippen LogP contribution is -2.31. The van der Waals surface area contributed by atoms with Crippen molar-refractivity contribution >= 4 is 38.6 Å². The Balaban J connectivity index is 2.80. The number of carbonyl (C=O) groups excluding carboxylic acids is 1. The lowest BCUT2D eigenvalue weighted by Gasteiger charge is -2.10. The first-order chi connectivity index (χ1) is 8.21. The van der Waals surface area contributed by atoms with E-state index < -0.39 is 21.0 Å². The first-order valence-corrected chi connectivity index (χ1v) is 7.47. The van der Waals surface area contributed by atoms with Crippen molar-refractivity contribution in [1.29, 1.82) is 0 Å². The maximum atomic E-state index is 11.6. The van der Waals surface area contributed by atoms with Gasteiger partial charge >= 0.3 is 0 Å². The van der Waals surface area contributed by atoms with E-state index >= 15 is 0 Å². The van der Waals surface area contributed by atoms with Crippen LogP contribution in [0.1, 0.15) is 12.5 Å². The predicted octanol–water partition coefficient (Wildman–Crippen LogP) is 0.692. The van der Waals surface area contributed by atoms with Crippen LogP contribution in [-0.2, 0) is 14.6 Å². The Morgan fingerprint density at radius 3 is 2.22 bits per heavy atom. The molecule has 3 N–H and O–H groups in total. The molecule has 0 saturated heterocycles. The molecule has 18 heavy (non-hydrogen) atoms. The van der Waals surface area contributed by atoms with Gasteiger partial charge in [0.1, 0.15) is 10.2 Å². The summed E-state index contributed by atoms with van der Waals surface area (Å²) < 4.78 is 22.4. The Bertz CT molecular complexity index is 564. The van der Waals surface area contributed by atoms with Crippen molar-refractivity contribution in [2.75, 3.05) is 11.6 Å². The molecule has 0 fully saturated rings. The van der Waals surface area contributed by atoms with Crippen LogP contribution >= 0.6 is 12.2 Å². The van der Waals surface area contributed by atoms with Crippen molar-refractivity contribution in [3.63, 3.8) is 0 Å². The van der Waals surface area contributed by atoms with Gasteiger partial charge in [-0.2, -0.15) is 0 Å². The van der Waals surface area contributed by atoms with Crippen LogP contribution in [0.5, 0.6) is 0 Å². The minimum Gasteiger partial charge on any atom is -0.389 e. The number of benzene rings is 1. The van der Waals surface area contributed by atoms with Crippen molar-refractivity contribution in [3.05, 3.63) is 29.8 Å². The van der Waals surface area contributed by atoms with E-state index in [-0.39, 0.29) is 4.99 Å². The molecule has 0 bridgehead atoms. The molecule has 0 aromatic heterocycles. The average molecular weight is 286 g/mol. The molecule has 1 unspecified atom stereocenters.